The van der Waals surface area contributed by atoms with Crippen molar-refractivity contribution in [1.29, 1.82) is 0 Å². The van der Waals surface area contributed by atoms with E-state index in [1.165, 1.54) is 0 Å². The van der Waals surface area contributed by atoms with E-state index in [2.05, 4.69) is 0 Å². The molecule has 2 nitrogen and oxygen atoms in total. The Morgan fingerprint density at radius 2 is 1.00 bits per heavy atom. The van der Waals surface area contributed by atoms with E-state index in [0.29, 0.717) is 0 Å². The zero-order chi connectivity index (χ0) is 7.21. The molecular formula is CCl4O2S. The molecule has 0 fully saturated rings. The molecule has 0 spiro atoms. The maximum absolute atomic E-state index is 8.29. The van der Waals surface area contributed by atoms with Crippen molar-refractivity contribution in [3.05, 3.63) is 0 Å². The molecule has 8 heavy (non-hydrogen) atoms. The van der Waals surface area contributed by atoms with Crippen molar-refractivity contribution in [2.75, 3.05) is 0 Å². The molecule has 0 aliphatic rings. The zero-order valence-electron chi connectivity index (χ0n) is 3.24. The second kappa shape index (κ2) is 6.11. The lowest BCUT2D eigenvalue weighted by Gasteiger charge is -1.91. The summed E-state index contributed by atoms with van der Waals surface area (Å²) in [6, 6.07) is 0. The van der Waals surface area contributed by atoms with Gasteiger partial charge in [0.1, 0.15) is 0 Å². The van der Waals surface area contributed by atoms with Gasteiger partial charge in [0.15, 0.2) is 0 Å². The van der Waals surface area contributed by atoms with Crippen LogP contribution in [0.2, 0.25) is 0 Å². The Morgan fingerprint density at radius 3 is 1.00 bits per heavy atom. The largest absolute Gasteiger partial charge is 0.335 e. The molecule has 0 aromatic rings. The maximum Gasteiger partial charge on any atom is 0.335 e. The molecule has 0 saturated carbocycles. The van der Waals surface area contributed by atoms with Crippen molar-refractivity contribution in [2.24, 2.45) is 0 Å². The molecule has 50 valence electrons. The molecule has 0 radical (unpaired) electrons. The van der Waals surface area contributed by atoms with E-state index in [1.807, 2.05) is 0 Å². The number of hydrogen-bond donors (Lipinski definition) is 0. The van der Waals surface area contributed by atoms with E-state index in [4.69, 9.17) is 54.8 Å². The minimum atomic E-state index is -1.61. The molecule has 0 bridgehead atoms. The lowest BCUT2D eigenvalue weighted by molar-refractivity contribution is 0.630. The van der Waals surface area contributed by atoms with Crippen LogP contribution in [-0.2, 0) is 11.6 Å². The summed E-state index contributed by atoms with van der Waals surface area (Å²) in [6.45, 7) is 0. The van der Waals surface area contributed by atoms with Crippen LogP contribution in [0.25, 0.3) is 0 Å². The van der Waals surface area contributed by atoms with Gasteiger partial charge in [0.05, 0.1) is 0 Å². The van der Waals surface area contributed by atoms with Crippen molar-refractivity contribution >= 4 is 58.0 Å². The van der Waals surface area contributed by atoms with Gasteiger partial charge < -0.3 is 0 Å². The molecule has 0 atom stereocenters. The first-order chi connectivity index (χ1) is 3.41. The fourth-order valence-electron chi connectivity index (χ4n) is 0. The van der Waals surface area contributed by atoms with Crippen LogP contribution in [0.5, 0.6) is 0 Å². The topological polar surface area (TPSA) is 34.1 Å². The Labute approximate surface area is 69.6 Å². The van der Waals surface area contributed by atoms with Crippen molar-refractivity contribution in [3.63, 3.8) is 0 Å². The summed E-state index contributed by atoms with van der Waals surface area (Å²) in [5.74, 6) is 0. The third-order valence-electron chi connectivity index (χ3n) is 0. The summed E-state index contributed by atoms with van der Waals surface area (Å²) in [6.07, 6.45) is 0. The van der Waals surface area contributed by atoms with E-state index in [9.17, 15) is 0 Å². The Hall–Kier alpha value is 0.980. The van der Waals surface area contributed by atoms with Gasteiger partial charge in [-0.05, 0) is 0 Å². The number of rotatable bonds is 0. The first-order valence-electron chi connectivity index (χ1n) is 1.09. The van der Waals surface area contributed by atoms with Gasteiger partial charge in [0, 0.05) is 0 Å². The van der Waals surface area contributed by atoms with Crippen molar-refractivity contribution in [3.8, 4) is 0 Å². The van der Waals surface area contributed by atoms with Gasteiger partial charge in [-0.3, -0.25) is 0 Å². The summed E-state index contributed by atoms with van der Waals surface area (Å²) < 4.78 is 15.0. The van der Waals surface area contributed by atoms with E-state index in [0.717, 1.165) is 0 Å². The first-order valence-corrected chi connectivity index (χ1v) is 3.27. The lowest BCUT2D eigenvalue weighted by atomic mass is 11.8. The quantitative estimate of drug-likeness (QED) is 0.581. The fraction of sp³-hybridized carbons (Fsp3) is 1.00. The normalized spacial score (nSPS) is 9.00. The van der Waals surface area contributed by atoms with E-state index < -0.39 is 14.8 Å². The number of hydrogen-bond acceptors (Lipinski definition) is 2. The van der Waals surface area contributed by atoms with Gasteiger partial charge in [0.25, 0.3) is 3.25 Å². The minimum absolute atomic E-state index is 0.750. The average Bonchev–Trinajstić information content (AvgIpc) is 1.27. The molecular weight excluding hydrogens is 218 g/mol. The monoisotopic (exact) mass is 216 g/mol. The Kier molecular flexibility index (Phi) is 8.96. The van der Waals surface area contributed by atoms with Gasteiger partial charge in [-0.15, -0.1) is 0 Å². The van der Waals surface area contributed by atoms with Gasteiger partial charge in [-0.2, -0.15) is 8.42 Å². The van der Waals surface area contributed by atoms with Gasteiger partial charge in [-0.1, -0.05) is 46.4 Å². The van der Waals surface area contributed by atoms with E-state index in [-0.39, 0.29) is 0 Å². The number of alkyl halides is 4. The van der Waals surface area contributed by atoms with Crippen LogP contribution in [0.4, 0.5) is 0 Å². The minimum Gasteiger partial charge on any atom is -0.168 e. The zero-order valence-corrected chi connectivity index (χ0v) is 7.08. The van der Waals surface area contributed by atoms with Crippen LogP contribution in [-0.4, -0.2) is 11.7 Å². The maximum atomic E-state index is 8.29. The van der Waals surface area contributed by atoms with Gasteiger partial charge in [-0.25, -0.2) is 0 Å². The first kappa shape index (κ1) is 11.7. The Morgan fingerprint density at radius 1 is 1.00 bits per heavy atom. The number of halogens is 4. The predicted octanol–water partition coefficient (Wildman–Crippen LogP) is 1.88. The lowest BCUT2D eigenvalue weighted by Crippen LogP contribution is -1.81. The van der Waals surface area contributed by atoms with Crippen molar-refractivity contribution < 1.29 is 8.42 Å². The smallest absolute Gasteiger partial charge is 0.168 e. The SMILES string of the molecule is ClC(Cl)(Cl)Cl.O=S=O. The Balaban J connectivity index is 0. The summed E-state index contributed by atoms with van der Waals surface area (Å²) >= 11 is 18.6. The molecule has 0 heterocycles. The molecule has 7 heteroatoms. The van der Waals surface area contributed by atoms with Crippen LogP contribution in [0.1, 0.15) is 0 Å². The third kappa shape index (κ3) is 260. The molecule has 0 saturated heterocycles. The molecule has 0 N–H and O–H groups in total. The van der Waals surface area contributed by atoms with Crippen molar-refractivity contribution in [2.45, 2.75) is 3.25 Å². The van der Waals surface area contributed by atoms with Crippen LogP contribution in [0.3, 0.4) is 0 Å². The van der Waals surface area contributed by atoms with Crippen LogP contribution >= 0.6 is 46.4 Å². The summed E-state index contributed by atoms with van der Waals surface area (Å²) in [7, 11) is 0. The average molecular weight is 218 g/mol. The molecule has 0 rings (SSSR count). The molecule has 0 aromatic carbocycles. The standard InChI is InChI=1S/CCl4.O2S/c2-1(3,4)5;1-3-2. The highest BCUT2D eigenvalue weighted by Crippen LogP contribution is 2.29. The van der Waals surface area contributed by atoms with E-state index in [1.54, 1.807) is 0 Å². The molecule has 0 aromatic heterocycles. The fourth-order valence-corrected chi connectivity index (χ4v) is 0. The molecule has 0 aliphatic heterocycles. The summed E-state index contributed by atoms with van der Waals surface area (Å²) in [5, 5.41) is 0. The highest BCUT2D eigenvalue weighted by atomic mass is 35.6. The van der Waals surface area contributed by atoms with Crippen LogP contribution in [0.15, 0.2) is 0 Å². The molecule has 0 aliphatic carbocycles. The predicted molar refractivity (Wildman–Crippen MR) is 35.1 cm³/mol. The molecule has 0 amide bonds. The second-order valence-electron chi connectivity index (χ2n) is 0.497. The highest BCUT2D eigenvalue weighted by molar-refractivity contribution is 7.51. The van der Waals surface area contributed by atoms with Crippen LogP contribution in [0, 0.1) is 0 Å². The summed E-state index contributed by atoms with van der Waals surface area (Å²) in [4.78, 5) is 0. The van der Waals surface area contributed by atoms with E-state index >= 15 is 0 Å². The third-order valence-corrected chi connectivity index (χ3v) is 0. The highest BCUT2D eigenvalue weighted by Gasteiger charge is 2.11. The van der Waals surface area contributed by atoms with Gasteiger partial charge in [0.2, 0.25) is 0 Å². The van der Waals surface area contributed by atoms with Crippen molar-refractivity contribution in [1.82, 2.24) is 0 Å². The van der Waals surface area contributed by atoms with Crippen LogP contribution < -0.4 is 0 Å². The Bertz CT molecular complexity index is 74.5. The summed E-state index contributed by atoms with van der Waals surface area (Å²) in [5.41, 5.74) is 0. The molecule has 0 unspecified atom stereocenters. The van der Waals surface area contributed by atoms with Gasteiger partial charge >= 0.3 is 11.6 Å². The second-order valence-corrected chi connectivity index (χ2v) is 4.06.